The van der Waals surface area contributed by atoms with E-state index in [1.54, 1.807) is 25.1 Å². The summed E-state index contributed by atoms with van der Waals surface area (Å²) in [6.07, 6.45) is 0.508. The summed E-state index contributed by atoms with van der Waals surface area (Å²) in [4.78, 5) is 12.3. The van der Waals surface area contributed by atoms with E-state index in [0.717, 1.165) is 16.9 Å². The zero-order valence-electron chi connectivity index (χ0n) is 16.8. The number of nitrogens with zero attached hydrogens (tertiary/aromatic N) is 2. The molecule has 0 saturated carbocycles. The molecule has 0 aromatic heterocycles. The molecule has 1 unspecified atom stereocenters. The average Bonchev–Trinajstić information content (AvgIpc) is 3.14. The lowest BCUT2D eigenvalue weighted by atomic mass is 9.97. The maximum absolute atomic E-state index is 12.3. The van der Waals surface area contributed by atoms with Crippen LogP contribution >= 0.6 is 0 Å². The predicted molar refractivity (Wildman–Crippen MR) is 114 cm³/mol. The summed E-state index contributed by atoms with van der Waals surface area (Å²) in [7, 11) is -3.37. The van der Waals surface area contributed by atoms with Crippen molar-refractivity contribution in [3.05, 3.63) is 59.7 Å². The summed E-state index contributed by atoms with van der Waals surface area (Å²) in [5.41, 5.74) is 2.85. The molecular formula is C21H25N3O4S. The van der Waals surface area contributed by atoms with E-state index in [0.29, 0.717) is 24.4 Å². The number of rotatable bonds is 7. The third-order valence-corrected chi connectivity index (χ3v) is 5.97. The van der Waals surface area contributed by atoms with Gasteiger partial charge in [0.2, 0.25) is 15.9 Å². The zero-order valence-corrected chi connectivity index (χ0v) is 17.6. The molecule has 2 aromatic rings. The highest BCUT2D eigenvalue weighted by Crippen LogP contribution is 2.37. The van der Waals surface area contributed by atoms with E-state index < -0.39 is 10.0 Å². The molecule has 0 fully saturated rings. The quantitative estimate of drug-likeness (QED) is 0.749. The van der Waals surface area contributed by atoms with Crippen LogP contribution in [0.2, 0.25) is 0 Å². The van der Waals surface area contributed by atoms with E-state index >= 15 is 0 Å². The third-order valence-electron chi connectivity index (χ3n) is 4.66. The Morgan fingerprint density at radius 3 is 2.66 bits per heavy atom. The van der Waals surface area contributed by atoms with Crippen LogP contribution in [0.15, 0.2) is 53.6 Å². The first-order valence-corrected chi connectivity index (χ1v) is 11.2. The smallest absolute Gasteiger partial charge is 0.240 e. The van der Waals surface area contributed by atoms with Gasteiger partial charge in [-0.05, 0) is 37.6 Å². The molecule has 1 amide bonds. The minimum absolute atomic E-state index is 0.00737. The fourth-order valence-electron chi connectivity index (χ4n) is 3.27. The van der Waals surface area contributed by atoms with Crippen molar-refractivity contribution in [3.8, 4) is 5.75 Å². The molecule has 7 nitrogen and oxygen atoms in total. The molecule has 2 aromatic carbocycles. The minimum Gasteiger partial charge on any atom is -0.494 e. The van der Waals surface area contributed by atoms with Gasteiger partial charge in [-0.1, -0.05) is 30.3 Å². The van der Waals surface area contributed by atoms with Gasteiger partial charge < -0.3 is 4.74 Å². The van der Waals surface area contributed by atoms with Crippen molar-refractivity contribution in [3.63, 3.8) is 0 Å². The van der Waals surface area contributed by atoms with Crippen molar-refractivity contribution in [1.82, 2.24) is 5.01 Å². The summed E-state index contributed by atoms with van der Waals surface area (Å²) in [5.74, 6) is 0.554. The number of anilines is 1. The summed E-state index contributed by atoms with van der Waals surface area (Å²) >= 11 is 0. The van der Waals surface area contributed by atoms with Gasteiger partial charge in [0.25, 0.3) is 0 Å². The minimum atomic E-state index is -3.37. The van der Waals surface area contributed by atoms with E-state index in [-0.39, 0.29) is 17.7 Å². The van der Waals surface area contributed by atoms with Crippen LogP contribution in [0.3, 0.4) is 0 Å². The molecule has 3 rings (SSSR count). The first-order valence-electron chi connectivity index (χ1n) is 9.54. The molecule has 8 heteroatoms. The maximum atomic E-state index is 12.3. The number of hydrogen-bond donors (Lipinski definition) is 1. The van der Waals surface area contributed by atoms with Crippen LogP contribution in [-0.4, -0.2) is 37.4 Å². The molecule has 0 aliphatic carbocycles. The SMILES string of the molecule is CCOc1ccccc1C1CC(c2cccc(NS(=O)(=O)CC)c2)=NN1C(C)=O. The van der Waals surface area contributed by atoms with Gasteiger partial charge in [-0.3, -0.25) is 9.52 Å². The van der Waals surface area contributed by atoms with Gasteiger partial charge in [0, 0.05) is 24.6 Å². The highest BCUT2D eigenvalue weighted by molar-refractivity contribution is 7.92. The molecule has 1 N–H and O–H groups in total. The first kappa shape index (κ1) is 20.9. The third kappa shape index (κ3) is 4.76. The number of para-hydroxylation sites is 1. The van der Waals surface area contributed by atoms with Gasteiger partial charge in [0.05, 0.1) is 24.1 Å². The molecule has 154 valence electrons. The summed E-state index contributed by atoms with van der Waals surface area (Å²) in [6, 6.07) is 14.4. The van der Waals surface area contributed by atoms with Crippen molar-refractivity contribution < 1.29 is 17.9 Å². The predicted octanol–water partition coefficient (Wildman–Crippen LogP) is 3.54. The van der Waals surface area contributed by atoms with Crippen molar-refractivity contribution in [1.29, 1.82) is 0 Å². The summed E-state index contributed by atoms with van der Waals surface area (Å²) in [6.45, 7) is 5.50. The van der Waals surface area contributed by atoms with Crippen molar-refractivity contribution in [2.24, 2.45) is 5.10 Å². The Hall–Kier alpha value is -2.87. The van der Waals surface area contributed by atoms with Crippen molar-refractivity contribution in [2.75, 3.05) is 17.1 Å². The van der Waals surface area contributed by atoms with Crippen LogP contribution in [0.25, 0.3) is 0 Å². The van der Waals surface area contributed by atoms with E-state index in [4.69, 9.17) is 4.74 Å². The molecule has 1 atom stereocenters. The number of sulfonamides is 1. The molecule has 0 spiro atoms. The summed E-state index contributed by atoms with van der Waals surface area (Å²) in [5, 5.41) is 6.01. The van der Waals surface area contributed by atoms with E-state index in [1.165, 1.54) is 11.9 Å². The Balaban J connectivity index is 1.93. The van der Waals surface area contributed by atoms with Gasteiger partial charge in [0.1, 0.15) is 5.75 Å². The Bertz CT molecular complexity index is 1030. The lowest BCUT2D eigenvalue weighted by molar-refractivity contribution is -0.130. The molecule has 1 heterocycles. The number of ether oxygens (including phenoxy) is 1. The average molecular weight is 416 g/mol. The number of hydrazone groups is 1. The lowest BCUT2D eigenvalue weighted by Gasteiger charge is -2.22. The second kappa shape index (κ2) is 8.65. The fraction of sp³-hybridized carbons (Fsp3) is 0.333. The van der Waals surface area contributed by atoms with Crippen LogP contribution < -0.4 is 9.46 Å². The largest absolute Gasteiger partial charge is 0.494 e. The van der Waals surface area contributed by atoms with Gasteiger partial charge in [-0.25, -0.2) is 13.4 Å². The van der Waals surface area contributed by atoms with Gasteiger partial charge in [-0.15, -0.1) is 0 Å². The molecule has 1 aliphatic rings. The van der Waals surface area contributed by atoms with Crippen molar-refractivity contribution in [2.45, 2.75) is 33.2 Å². The second-order valence-corrected chi connectivity index (χ2v) is 8.70. The number of nitrogens with one attached hydrogen (secondary N) is 1. The van der Waals surface area contributed by atoms with Crippen LogP contribution in [0.4, 0.5) is 5.69 Å². The van der Waals surface area contributed by atoms with E-state index in [9.17, 15) is 13.2 Å². The topological polar surface area (TPSA) is 88.1 Å². The lowest BCUT2D eigenvalue weighted by Crippen LogP contribution is -2.24. The molecular weight excluding hydrogens is 390 g/mol. The van der Waals surface area contributed by atoms with Crippen LogP contribution in [0.1, 0.15) is 44.4 Å². The summed E-state index contributed by atoms with van der Waals surface area (Å²) < 4.78 is 32.0. The Morgan fingerprint density at radius 1 is 1.21 bits per heavy atom. The standard InChI is InChI=1S/C21H25N3O4S/c1-4-28-21-12-7-6-11-18(21)20-14-19(22-24(20)15(3)25)16-9-8-10-17(13-16)23-29(26,27)5-2/h6-13,20,23H,4-5,14H2,1-3H3. The maximum Gasteiger partial charge on any atom is 0.240 e. The van der Waals surface area contributed by atoms with E-state index in [1.807, 2.05) is 37.3 Å². The number of carbonyl (C=O) groups excluding carboxylic acids is 1. The molecule has 0 bridgehead atoms. The van der Waals surface area contributed by atoms with Gasteiger partial charge in [-0.2, -0.15) is 5.10 Å². The molecule has 0 saturated heterocycles. The number of benzene rings is 2. The van der Waals surface area contributed by atoms with Gasteiger partial charge >= 0.3 is 0 Å². The monoisotopic (exact) mass is 415 g/mol. The molecule has 1 aliphatic heterocycles. The highest BCUT2D eigenvalue weighted by atomic mass is 32.2. The molecule has 0 radical (unpaired) electrons. The number of amides is 1. The van der Waals surface area contributed by atoms with Crippen LogP contribution in [0.5, 0.6) is 5.75 Å². The van der Waals surface area contributed by atoms with Crippen molar-refractivity contribution >= 4 is 27.3 Å². The first-order chi connectivity index (χ1) is 13.8. The Kier molecular flexibility index (Phi) is 6.22. The normalized spacial score (nSPS) is 16.4. The second-order valence-electron chi connectivity index (χ2n) is 6.69. The van der Waals surface area contributed by atoms with Gasteiger partial charge in [0.15, 0.2) is 0 Å². The molecule has 29 heavy (non-hydrogen) atoms. The number of carbonyl (C=O) groups is 1. The Morgan fingerprint density at radius 2 is 1.97 bits per heavy atom. The number of hydrogen-bond acceptors (Lipinski definition) is 5. The van der Waals surface area contributed by atoms with Crippen LogP contribution in [-0.2, 0) is 14.8 Å². The Labute approximate surface area is 171 Å². The van der Waals surface area contributed by atoms with Crippen LogP contribution in [0, 0.1) is 0 Å². The van der Waals surface area contributed by atoms with E-state index in [2.05, 4.69) is 9.82 Å². The highest BCUT2D eigenvalue weighted by Gasteiger charge is 2.33. The zero-order chi connectivity index (χ0) is 21.0. The fourth-order valence-corrected chi connectivity index (χ4v) is 3.90.